The summed E-state index contributed by atoms with van der Waals surface area (Å²) in [6.07, 6.45) is 4.13. The average Bonchev–Trinajstić information content (AvgIpc) is 3.14. The summed E-state index contributed by atoms with van der Waals surface area (Å²) in [5, 5.41) is 3.04. The van der Waals surface area contributed by atoms with Crippen LogP contribution in [-0.4, -0.2) is 42.5 Å². The lowest BCUT2D eigenvalue weighted by Gasteiger charge is -2.24. The fourth-order valence-corrected chi connectivity index (χ4v) is 3.81. The van der Waals surface area contributed by atoms with Crippen LogP contribution in [0.15, 0.2) is 0 Å². The molecular weight excluding hydrogens is 318 g/mol. The maximum atomic E-state index is 12.2. The summed E-state index contributed by atoms with van der Waals surface area (Å²) in [4.78, 5) is 41.8. The van der Waals surface area contributed by atoms with Gasteiger partial charge in [0.05, 0.1) is 12.8 Å². The zero-order valence-corrected chi connectivity index (χ0v) is 14.4. The van der Waals surface area contributed by atoms with E-state index in [2.05, 4.69) is 15.0 Å². The number of hydrogen-bond donors (Lipinski definition) is 1. The van der Waals surface area contributed by atoms with Crippen LogP contribution in [0.3, 0.4) is 0 Å². The first kappa shape index (κ1) is 17.4. The number of aryl methyl sites for hydroxylation is 1. The van der Waals surface area contributed by atoms with Gasteiger partial charge < -0.3 is 10.1 Å². The molecule has 1 fully saturated rings. The molecule has 0 aliphatic heterocycles. The minimum absolute atomic E-state index is 0.0628. The Morgan fingerprint density at radius 3 is 2.57 bits per heavy atom. The third kappa shape index (κ3) is 4.07. The average molecular weight is 339 g/mol. The molecule has 0 aromatic carbocycles. The van der Waals surface area contributed by atoms with E-state index >= 15 is 0 Å². The molecule has 0 radical (unpaired) electrons. The molecule has 23 heavy (non-hydrogen) atoms. The number of carbonyl (C=O) groups excluding carboxylic acids is 3. The fourth-order valence-electron chi connectivity index (χ4n) is 2.71. The van der Waals surface area contributed by atoms with Crippen LogP contribution in [0.25, 0.3) is 0 Å². The van der Waals surface area contributed by atoms with Crippen molar-refractivity contribution in [2.24, 2.45) is 0 Å². The summed E-state index contributed by atoms with van der Waals surface area (Å²) in [5.74, 6) is -0.962. The van der Waals surface area contributed by atoms with E-state index in [-0.39, 0.29) is 24.4 Å². The molecule has 2 amide bonds. The number of nitrogens with zero attached hydrogens (tertiary/aromatic N) is 2. The van der Waals surface area contributed by atoms with Crippen LogP contribution in [0.4, 0.5) is 5.13 Å². The Labute approximate surface area is 139 Å². The number of thiazole rings is 1. The number of ether oxygens (including phenoxy) is 1. The molecular formula is C15H21N3O4S. The molecule has 1 aliphatic rings. The standard InChI is InChI=1S/C15H21N3O4S/c1-9-13(14(21)16-8-12(20)22-3)23-15(17-9)18(10(2)19)11-6-4-5-7-11/h11H,4-8H2,1-3H3,(H,16,21). The normalized spacial score (nSPS) is 14.6. The number of esters is 1. The Balaban J connectivity index is 2.16. The van der Waals surface area contributed by atoms with Crippen LogP contribution in [0.2, 0.25) is 0 Å². The smallest absolute Gasteiger partial charge is 0.325 e. The molecule has 1 aromatic rings. The first-order valence-corrected chi connectivity index (χ1v) is 8.38. The van der Waals surface area contributed by atoms with Gasteiger partial charge in [-0.2, -0.15) is 0 Å². The lowest BCUT2D eigenvalue weighted by atomic mass is 10.2. The van der Waals surface area contributed by atoms with Gasteiger partial charge in [0.25, 0.3) is 5.91 Å². The largest absolute Gasteiger partial charge is 0.468 e. The van der Waals surface area contributed by atoms with E-state index < -0.39 is 5.97 Å². The Morgan fingerprint density at radius 1 is 1.35 bits per heavy atom. The molecule has 0 bridgehead atoms. The van der Waals surface area contributed by atoms with E-state index in [4.69, 9.17) is 0 Å². The third-order valence-electron chi connectivity index (χ3n) is 3.85. The van der Waals surface area contributed by atoms with Gasteiger partial charge in [0.15, 0.2) is 5.13 Å². The minimum Gasteiger partial charge on any atom is -0.468 e. The van der Waals surface area contributed by atoms with Crippen molar-refractivity contribution in [1.82, 2.24) is 10.3 Å². The van der Waals surface area contributed by atoms with Crippen LogP contribution >= 0.6 is 11.3 Å². The van der Waals surface area contributed by atoms with E-state index in [0.717, 1.165) is 25.7 Å². The second kappa shape index (κ2) is 7.54. The van der Waals surface area contributed by atoms with Crippen LogP contribution in [0, 0.1) is 6.92 Å². The predicted molar refractivity (Wildman–Crippen MR) is 86.6 cm³/mol. The molecule has 0 spiro atoms. The van der Waals surface area contributed by atoms with Crippen LogP contribution < -0.4 is 10.2 Å². The van der Waals surface area contributed by atoms with Gasteiger partial charge in [0.2, 0.25) is 5.91 Å². The second-order valence-corrected chi connectivity index (χ2v) is 6.47. The number of carbonyl (C=O) groups is 3. The van der Waals surface area contributed by atoms with Crippen LogP contribution in [0.5, 0.6) is 0 Å². The highest BCUT2D eigenvalue weighted by molar-refractivity contribution is 7.17. The second-order valence-electron chi connectivity index (χ2n) is 5.50. The topological polar surface area (TPSA) is 88.6 Å². The summed E-state index contributed by atoms with van der Waals surface area (Å²) < 4.78 is 4.49. The van der Waals surface area contributed by atoms with Crippen molar-refractivity contribution < 1.29 is 19.1 Å². The van der Waals surface area contributed by atoms with Gasteiger partial charge in [-0.25, -0.2) is 4.98 Å². The van der Waals surface area contributed by atoms with Crippen molar-refractivity contribution in [2.75, 3.05) is 18.6 Å². The monoisotopic (exact) mass is 339 g/mol. The molecule has 2 rings (SSSR count). The van der Waals surface area contributed by atoms with Crippen molar-refractivity contribution in [3.8, 4) is 0 Å². The molecule has 0 unspecified atom stereocenters. The zero-order valence-electron chi connectivity index (χ0n) is 13.5. The molecule has 0 atom stereocenters. The van der Waals surface area contributed by atoms with Crippen molar-refractivity contribution >= 4 is 34.3 Å². The van der Waals surface area contributed by atoms with Crippen molar-refractivity contribution in [1.29, 1.82) is 0 Å². The number of nitrogens with one attached hydrogen (secondary N) is 1. The number of rotatable bonds is 5. The fraction of sp³-hybridized carbons (Fsp3) is 0.600. The molecule has 1 saturated carbocycles. The highest BCUT2D eigenvalue weighted by atomic mass is 32.1. The third-order valence-corrected chi connectivity index (χ3v) is 5.00. The van der Waals surface area contributed by atoms with E-state index in [1.807, 2.05) is 0 Å². The lowest BCUT2D eigenvalue weighted by molar-refractivity contribution is -0.139. The van der Waals surface area contributed by atoms with Crippen LogP contribution in [-0.2, 0) is 14.3 Å². The predicted octanol–water partition coefficient (Wildman–Crippen LogP) is 1.65. The summed E-state index contributed by atoms with van der Waals surface area (Å²) in [6.45, 7) is 3.05. The number of hydrogen-bond acceptors (Lipinski definition) is 6. The summed E-state index contributed by atoms with van der Waals surface area (Å²) in [6, 6.07) is 0.157. The van der Waals surface area contributed by atoms with Gasteiger partial charge in [-0.1, -0.05) is 24.2 Å². The van der Waals surface area contributed by atoms with Gasteiger partial charge in [0.1, 0.15) is 11.4 Å². The number of aromatic nitrogens is 1. The first-order valence-electron chi connectivity index (χ1n) is 7.56. The number of methoxy groups -OCH3 is 1. The Bertz CT molecular complexity index is 608. The quantitative estimate of drug-likeness (QED) is 0.824. The van der Waals surface area contributed by atoms with Gasteiger partial charge in [-0.05, 0) is 19.8 Å². The lowest BCUT2D eigenvalue weighted by Crippen LogP contribution is -2.37. The molecule has 1 N–H and O–H groups in total. The highest BCUT2D eigenvalue weighted by Crippen LogP contribution is 2.32. The summed E-state index contributed by atoms with van der Waals surface area (Å²) >= 11 is 1.18. The van der Waals surface area contributed by atoms with Crippen LogP contribution in [0.1, 0.15) is 48.0 Å². The summed E-state index contributed by atoms with van der Waals surface area (Å²) in [7, 11) is 1.26. The van der Waals surface area contributed by atoms with Gasteiger partial charge in [0, 0.05) is 13.0 Å². The van der Waals surface area contributed by atoms with E-state index in [0.29, 0.717) is 15.7 Å². The Hall–Kier alpha value is -1.96. The first-order chi connectivity index (χ1) is 10.9. The van der Waals surface area contributed by atoms with Crippen molar-refractivity contribution in [3.63, 3.8) is 0 Å². The van der Waals surface area contributed by atoms with E-state index in [9.17, 15) is 14.4 Å². The van der Waals surface area contributed by atoms with Gasteiger partial charge in [-0.3, -0.25) is 19.3 Å². The maximum absolute atomic E-state index is 12.2. The number of anilines is 1. The molecule has 1 aliphatic carbocycles. The molecule has 1 aromatic heterocycles. The molecule has 0 saturated heterocycles. The number of amides is 2. The summed E-state index contributed by atoms with van der Waals surface area (Å²) in [5.41, 5.74) is 0.552. The van der Waals surface area contributed by atoms with E-state index in [1.165, 1.54) is 25.4 Å². The van der Waals surface area contributed by atoms with Crippen molar-refractivity contribution in [3.05, 3.63) is 10.6 Å². The Kier molecular flexibility index (Phi) is 5.70. The van der Waals surface area contributed by atoms with Gasteiger partial charge >= 0.3 is 5.97 Å². The molecule has 1 heterocycles. The highest BCUT2D eigenvalue weighted by Gasteiger charge is 2.29. The van der Waals surface area contributed by atoms with E-state index in [1.54, 1.807) is 11.8 Å². The SMILES string of the molecule is COC(=O)CNC(=O)c1sc(N(C(C)=O)C2CCCC2)nc1C. The molecule has 7 nitrogen and oxygen atoms in total. The molecule has 126 valence electrons. The maximum Gasteiger partial charge on any atom is 0.325 e. The Morgan fingerprint density at radius 2 is 2.00 bits per heavy atom. The zero-order chi connectivity index (χ0) is 17.0. The minimum atomic E-state index is -0.517. The van der Waals surface area contributed by atoms with Gasteiger partial charge in [-0.15, -0.1) is 0 Å². The molecule has 8 heteroatoms. The van der Waals surface area contributed by atoms with Crippen molar-refractivity contribution in [2.45, 2.75) is 45.6 Å².